The van der Waals surface area contributed by atoms with Gasteiger partial charge in [-0.15, -0.1) is 0 Å². The van der Waals surface area contributed by atoms with Gasteiger partial charge in [-0.3, -0.25) is 4.79 Å². The van der Waals surface area contributed by atoms with E-state index >= 15 is 0 Å². The van der Waals surface area contributed by atoms with Gasteiger partial charge in [0.15, 0.2) is 0 Å². The molecule has 4 amide bonds. The second kappa shape index (κ2) is 15.8. The molecule has 0 spiro atoms. The van der Waals surface area contributed by atoms with E-state index in [9.17, 15) is 19.2 Å². The van der Waals surface area contributed by atoms with E-state index in [1.54, 1.807) is 0 Å². The van der Waals surface area contributed by atoms with E-state index in [0.29, 0.717) is 37.5 Å². The van der Waals surface area contributed by atoms with Crippen molar-refractivity contribution < 1.29 is 28.7 Å². The summed E-state index contributed by atoms with van der Waals surface area (Å²) in [4.78, 5) is 49.4. The summed E-state index contributed by atoms with van der Waals surface area (Å²) in [6.45, 7) is 4.26. The molecule has 240 valence electrons. The largest absolute Gasteiger partial charge is 0.460 e. The number of rotatable bonds is 16. The van der Waals surface area contributed by atoms with Crippen LogP contribution in [-0.2, 0) is 19.1 Å². The number of unbranched alkanes of at least 4 members (excludes halogenated alkanes) is 2. The highest BCUT2D eigenvalue weighted by atomic mass is 32.2. The van der Waals surface area contributed by atoms with E-state index in [1.807, 2.05) is 36.0 Å². The van der Waals surface area contributed by atoms with Gasteiger partial charge in [0.25, 0.3) is 0 Å². The molecule has 0 saturated carbocycles. The van der Waals surface area contributed by atoms with Gasteiger partial charge in [0.2, 0.25) is 5.91 Å². The summed E-state index contributed by atoms with van der Waals surface area (Å²) in [7, 11) is 0. The number of carbonyl (C=O) groups excluding carboxylic acids is 4. The highest BCUT2D eigenvalue weighted by Gasteiger charge is 2.42. The molecular weight excluding hydrogens is 592 g/mol. The van der Waals surface area contributed by atoms with Crippen LogP contribution in [0.2, 0.25) is 0 Å². The Kier molecular flexibility index (Phi) is 11.4. The van der Waals surface area contributed by atoms with Gasteiger partial charge in [0.05, 0.1) is 12.1 Å². The summed E-state index contributed by atoms with van der Waals surface area (Å²) in [6, 6.07) is 15.7. The number of urea groups is 1. The summed E-state index contributed by atoms with van der Waals surface area (Å²) in [5.74, 6) is 0.301. The van der Waals surface area contributed by atoms with E-state index in [-0.39, 0.29) is 43.2 Å². The van der Waals surface area contributed by atoms with E-state index < -0.39 is 18.1 Å². The number of ether oxygens (including phenoxy) is 2. The van der Waals surface area contributed by atoms with Crippen LogP contribution in [0.25, 0.3) is 11.1 Å². The topological polar surface area (TPSA) is 135 Å². The molecule has 4 N–H and O–H groups in total. The fourth-order valence-electron chi connectivity index (χ4n) is 6.34. The number of carbonyl (C=O) groups is 4. The second-order valence-electron chi connectivity index (χ2n) is 11.7. The third-order valence-corrected chi connectivity index (χ3v) is 10.1. The number of hydrogen-bond acceptors (Lipinski definition) is 7. The Balaban J connectivity index is 1.00. The van der Waals surface area contributed by atoms with Crippen LogP contribution in [-0.4, -0.2) is 72.9 Å². The molecule has 10 nitrogen and oxygen atoms in total. The molecule has 5 rings (SSSR count). The number of fused-ring (bicyclic) bond motifs is 4. The lowest BCUT2D eigenvalue weighted by Crippen LogP contribution is -2.42. The summed E-state index contributed by atoms with van der Waals surface area (Å²) in [5.41, 5.74) is 4.50. The fourth-order valence-corrected chi connectivity index (χ4v) is 7.88. The Bertz CT molecular complexity index is 1340. The number of thioether (sulfide) groups is 1. The monoisotopic (exact) mass is 634 g/mol. The van der Waals surface area contributed by atoms with Crippen LogP contribution >= 0.6 is 11.8 Å². The van der Waals surface area contributed by atoms with Gasteiger partial charge in [0, 0.05) is 29.9 Å². The summed E-state index contributed by atoms with van der Waals surface area (Å²) in [6.07, 6.45) is 5.55. The first kappa shape index (κ1) is 32.4. The van der Waals surface area contributed by atoms with Crippen LogP contribution in [0.1, 0.15) is 62.0 Å². The molecule has 2 saturated heterocycles. The lowest BCUT2D eigenvalue weighted by molar-refractivity contribution is -0.145. The first-order valence-corrected chi connectivity index (χ1v) is 16.8. The number of esters is 1. The second-order valence-corrected chi connectivity index (χ2v) is 12.9. The number of nitrogens with one attached hydrogen (secondary N) is 4. The zero-order valence-corrected chi connectivity index (χ0v) is 26.2. The predicted molar refractivity (Wildman–Crippen MR) is 174 cm³/mol. The van der Waals surface area contributed by atoms with Crippen molar-refractivity contribution in [1.29, 1.82) is 0 Å². The van der Waals surface area contributed by atoms with Crippen LogP contribution < -0.4 is 21.3 Å². The molecule has 2 aliphatic heterocycles. The first-order chi connectivity index (χ1) is 21.9. The van der Waals surface area contributed by atoms with E-state index in [4.69, 9.17) is 9.47 Å². The molecule has 2 aromatic carbocycles. The van der Waals surface area contributed by atoms with Crippen molar-refractivity contribution in [3.8, 4) is 11.1 Å². The van der Waals surface area contributed by atoms with E-state index in [0.717, 1.165) is 47.3 Å². The van der Waals surface area contributed by atoms with Crippen LogP contribution in [0.4, 0.5) is 9.59 Å². The summed E-state index contributed by atoms with van der Waals surface area (Å²) in [5, 5.41) is 12.0. The molecule has 3 aliphatic rings. The van der Waals surface area contributed by atoms with Crippen molar-refractivity contribution >= 4 is 35.8 Å². The SMILES string of the molecule is C=CCOC(=O)[C@H](CCCCNC(=O)CCCC[C@@H]1SC[C@H]2NC(=O)N[C@@H]12)NC(=O)OCC1c2ccccc2-c2ccccc21. The van der Waals surface area contributed by atoms with Crippen molar-refractivity contribution in [2.24, 2.45) is 0 Å². The van der Waals surface area contributed by atoms with Gasteiger partial charge in [-0.2, -0.15) is 11.8 Å². The molecule has 0 unspecified atom stereocenters. The standard InChI is InChI=1S/C34H42N4O6S/c1-2-19-43-32(40)27(37-34(42)44-20-26-24-13-5-3-11-22(24)23-12-4-6-14-25(23)26)15-9-10-18-35-30(39)17-8-7-16-29-31-28(21-45-29)36-33(41)38-31/h2-6,11-14,26-29,31H,1,7-10,15-21H2,(H,35,39)(H,37,42)(H2,36,38,41)/t27-,28+,29-,31+/m0/s1. The molecule has 45 heavy (non-hydrogen) atoms. The average Bonchev–Trinajstić information content (AvgIpc) is 3.70. The van der Waals surface area contributed by atoms with Crippen molar-refractivity contribution in [1.82, 2.24) is 21.3 Å². The Morgan fingerprint density at radius 3 is 2.44 bits per heavy atom. The summed E-state index contributed by atoms with van der Waals surface area (Å²) < 4.78 is 10.8. The molecule has 2 heterocycles. The van der Waals surface area contributed by atoms with Crippen LogP contribution in [0.5, 0.6) is 0 Å². The van der Waals surface area contributed by atoms with Crippen molar-refractivity contribution in [2.45, 2.75) is 74.2 Å². The maximum absolute atomic E-state index is 12.8. The molecule has 0 aromatic heterocycles. The van der Waals surface area contributed by atoms with Gasteiger partial charge < -0.3 is 30.7 Å². The van der Waals surface area contributed by atoms with Gasteiger partial charge in [-0.1, -0.05) is 67.6 Å². The molecule has 1 aliphatic carbocycles. The molecular formula is C34H42N4O6S. The number of alkyl carbamates (subject to hydrolysis) is 1. The van der Waals surface area contributed by atoms with E-state index in [2.05, 4.69) is 52.1 Å². The normalized spacial score (nSPS) is 20.2. The third-order valence-electron chi connectivity index (χ3n) is 8.59. The quantitative estimate of drug-likeness (QED) is 0.0915. The molecule has 4 atom stereocenters. The lowest BCUT2D eigenvalue weighted by atomic mass is 9.98. The molecule has 2 fully saturated rings. The zero-order chi connectivity index (χ0) is 31.6. The molecule has 2 aromatic rings. The van der Waals surface area contributed by atoms with Gasteiger partial charge in [-0.25, -0.2) is 14.4 Å². The van der Waals surface area contributed by atoms with Crippen molar-refractivity contribution in [3.05, 3.63) is 72.3 Å². The minimum Gasteiger partial charge on any atom is -0.460 e. The van der Waals surface area contributed by atoms with Crippen molar-refractivity contribution in [2.75, 3.05) is 25.5 Å². The van der Waals surface area contributed by atoms with Gasteiger partial charge >= 0.3 is 18.1 Å². The molecule has 0 radical (unpaired) electrons. The number of hydrogen-bond donors (Lipinski definition) is 4. The Morgan fingerprint density at radius 1 is 0.978 bits per heavy atom. The average molecular weight is 635 g/mol. The smallest absolute Gasteiger partial charge is 0.407 e. The Labute approximate surface area is 268 Å². The maximum Gasteiger partial charge on any atom is 0.407 e. The maximum atomic E-state index is 12.8. The van der Waals surface area contributed by atoms with Gasteiger partial charge in [-0.05, 0) is 54.4 Å². The number of benzene rings is 2. The minimum atomic E-state index is -0.871. The first-order valence-electron chi connectivity index (χ1n) is 15.8. The summed E-state index contributed by atoms with van der Waals surface area (Å²) >= 11 is 1.88. The van der Waals surface area contributed by atoms with Crippen molar-refractivity contribution in [3.63, 3.8) is 0 Å². The van der Waals surface area contributed by atoms with E-state index in [1.165, 1.54) is 6.08 Å². The number of amides is 4. The van der Waals surface area contributed by atoms with Crippen LogP contribution in [0.15, 0.2) is 61.2 Å². The fraction of sp³-hybridized carbons (Fsp3) is 0.471. The predicted octanol–water partition coefficient (Wildman–Crippen LogP) is 4.64. The Morgan fingerprint density at radius 2 is 1.71 bits per heavy atom. The highest BCUT2D eigenvalue weighted by Crippen LogP contribution is 2.44. The minimum absolute atomic E-state index is 0.00138. The lowest BCUT2D eigenvalue weighted by Gasteiger charge is -2.19. The molecule has 11 heteroatoms. The van der Waals surface area contributed by atoms with Crippen LogP contribution in [0, 0.1) is 0 Å². The Hall–Kier alpha value is -3.99. The molecule has 0 bridgehead atoms. The van der Waals surface area contributed by atoms with Gasteiger partial charge in [0.1, 0.15) is 19.3 Å². The third kappa shape index (κ3) is 8.39. The zero-order valence-electron chi connectivity index (χ0n) is 25.4. The highest BCUT2D eigenvalue weighted by molar-refractivity contribution is 8.00. The van der Waals surface area contributed by atoms with Crippen LogP contribution in [0.3, 0.4) is 0 Å².